The summed E-state index contributed by atoms with van der Waals surface area (Å²) in [4.78, 5) is 12.7. The lowest BCUT2D eigenvalue weighted by atomic mass is 9.83. The van der Waals surface area contributed by atoms with E-state index in [1.165, 1.54) is 12.1 Å². The number of rotatable bonds is 2. The molecule has 0 radical (unpaired) electrons. The first-order valence-electron chi connectivity index (χ1n) is 8.60. The maximum absolute atomic E-state index is 13.6. The Bertz CT molecular complexity index is 744. The lowest BCUT2D eigenvalue weighted by molar-refractivity contribution is -0.297. The van der Waals surface area contributed by atoms with Crippen LogP contribution in [0.3, 0.4) is 0 Å². The molecule has 0 spiro atoms. The average molecular weight is 389 g/mol. The van der Waals surface area contributed by atoms with Gasteiger partial charge in [-0.2, -0.15) is 23.3 Å². The minimum atomic E-state index is -5.03. The minimum absolute atomic E-state index is 0.0286. The standard InChI is InChI=1S/C18H20ClF3N2O2/c1-11-7-8-13(14(19)9-11)16(25)24-17(26,18(20,21)22)10-15(23-24)12-5-3-2-4-6-12/h7-9,12,26H,2-6,10H2,1H3/t17-/m0/s1. The molecule has 1 N–H and O–H groups in total. The van der Waals surface area contributed by atoms with Crippen LogP contribution in [0.1, 0.15) is 54.4 Å². The highest BCUT2D eigenvalue weighted by atomic mass is 35.5. The van der Waals surface area contributed by atoms with Gasteiger partial charge in [0.25, 0.3) is 11.6 Å². The molecule has 1 aromatic carbocycles. The van der Waals surface area contributed by atoms with Crippen molar-refractivity contribution in [2.24, 2.45) is 11.0 Å². The maximum atomic E-state index is 13.6. The van der Waals surface area contributed by atoms with Crippen LogP contribution in [0.15, 0.2) is 23.3 Å². The zero-order valence-electron chi connectivity index (χ0n) is 14.3. The van der Waals surface area contributed by atoms with Gasteiger partial charge in [0.1, 0.15) is 0 Å². The van der Waals surface area contributed by atoms with Gasteiger partial charge in [0.2, 0.25) is 0 Å². The Kier molecular flexibility index (Phi) is 5.05. The summed E-state index contributed by atoms with van der Waals surface area (Å²) in [6.45, 7) is 1.75. The topological polar surface area (TPSA) is 52.9 Å². The minimum Gasteiger partial charge on any atom is -0.362 e. The van der Waals surface area contributed by atoms with E-state index in [0.717, 1.165) is 37.7 Å². The monoisotopic (exact) mass is 388 g/mol. The summed E-state index contributed by atoms with van der Waals surface area (Å²) in [6, 6.07) is 4.42. The van der Waals surface area contributed by atoms with Crippen molar-refractivity contribution in [3.63, 3.8) is 0 Å². The molecule has 26 heavy (non-hydrogen) atoms. The van der Waals surface area contributed by atoms with Gasteiger partial charge < -0.3 is 5.11 Å². The Morgan fingerprint density at radius 3 is 2.54 bits per heavy atom. The number of hydrogen-bond acceptors (Lipinski definition) is 3. The van der Waals surface area contributed by atoms with Crippen molar-refractivity contribution in [2.45, 2.75) is 57.3 Å². The van der Waals surface area contributed by atoms with Crippen LogP contribution in [0.4, 0.5) is 13.2 Å². The number of hydrogen-bond donors (Lipinski definition) is 1. The molecule has 1 aliphatic heterocycles. The molecule has 0 bridgehead atoms. The molecule has 1 fully saturated rings. The van der Waals surface area contributed by atoms with Crippen LogP contribution in [-0.2, 0) is 0 Å². The second kappa shape index (κ2) is 6.85. The van der Waals surface area contributed by atoms with Crippen LogP contribution in [0.5, 0.6) is 0 Å². The van der Waals surface area contributed by atoms with Crippen LogP contribution in [0.25, 0.3) is 0 Å². The molecule has 1 heterocycles. The van der Waals surface area contributed by atoms with E-state index in [9.17, 15) is 23.1 Å². The van der Waals surface area contributed by atoms with Crippen LogP contribution in [-0.4, -0.2) is 33.6 Å². The second-order valence-electron chi connectivity index (χ2n) is 7.02. The third-order valence-electron chi connectivity index (χ3n) is 5.08. The van der Waals surface area contributed by atoms with Crippen molar-refractivity contribution in [1.29, 1.82) is 0 Å². The Hall–Kier alpha value is -1.60. The SMILES string of the molecule is Cc1ccc(C(=O)N2N=C(C3CCCCC3)C[C@]2(O)C(F)(F)F)c(Cl)c1. The quantitative estimate of drug-likeness (QED) is 0.799. The Morgan fingerprint density at radius 2 is 1.96 bits per heavy atom. The number of aryl methyl sites for hydroxylation is 1. The van der Waals surface area contributed by atoms with E-state index >= 15 is 0 Å². The van der Waals surface area contributed by atoms with Gasteiger partial charge in [0.15, 0.2) is 0 Å². The van der Waals surface area contributed by atoms with E-state index in [0.29, 0.717) is 0 Å². The average Bonchev–Trinajstić information content (AvgIpc) is 2.94. The highest BCUT2D eigenvalue weighted by Crippen LogP contribution is 2.44. The molecule has 8 heteroatoms. The Labute approximate surface area is 154 Å². The molecule has 3 rings (SSSR count). The molecule has 0 saturated heterocycles. The van der Waals surface area contributed by atoms with Crippen molar-refractivity contribution in [1.82, 2.24) is 5.01 Å². The number of nitrogens with zero attached hydrogens (tertiary/aromatic N) is 2. The molecule has 1 amide bonds. The molecular weight excluding hydrogens is 369 g/mol. The number of alkyl halides is 3. The molecule has 1 aromatic rings. The zero-order chi connectivity index (χ0) is 19.1. The summed E-state index contributed by atoms with van der Waals surface area (Å²) in [5.41, 5.74) is -2.45. The number of amides is 1. The predicted molar refractivity (Wildman–Crippen MR) is 92.0 cm³/mol. The first-order valence-corrected chi connectivity index (χ1v) is 8.98. The van der Waals surface area contributed by atoms with Gasteiger partial charge in [0, 0.05) is 12.1 Å². The van der Waals surface area contributed by atoms with Crippen molar-refractivity contribution in [2.75, 3.05) is 0 Å². The van der Waals surface area contributed by atoms with Crippen LogP contribution in [0, 0.1) is 12.8 Å². The highest BCUT2D eigenvalue weighted by Gasteiger charge is 2.63. The number of carbonyl (C=O) groups excluding carboxylic acids is 1. The zero-order valence-corrected chi connectivity index (χ0v) is 15.1. The third-order valence-corrected chi connectivity index (χ3v) is 5.40. The summed E-state index contributed by atoms with van der Waals surface area (Å²) in [5.74, 6) is -1.19. The molecule has 4 nitrogen and oxygen atoms in total. The van der Waals surface area contributed by atoms with Gasteiger partial charge in [-0.1, -0.05) is 36.9 Å². The molecule has 142 valence electrons. The molecule has 0 unspecified atom stereocenters. The summed E-state index contributed by atoms with van der Waals surface area (Å²) >= 11 is 6.04. The smallest absolute Gasteiger partial charge is 0.362 e. The van der Waals surface area contributed by atoms with Crippen LogP contribution < -0.4 is 0 Å². The largest absolute Gasteiger partial charge is 0.438 e. The molecule has 0 aromatic heterocycles. The molecule has 2 aliphatic rings. The molecule has 1 atom stereocenters. The van der Waals surface area contributed by atoms with Crippen LogP contribution in [0.2, 0.25) is 5.02 Å². The van der Waals surface area contributed by atoms with Gasteiger partial charge in [-0.25, -0.2) is 0 Å². The first-order chi connectivity index (χ1) is 12.1. The van der Waals surface area contributed by atoms with Gasteiger partial charge in [-0.15, -0.1) is 0 Å². The van der Waals surface area contributed by atoms with Gasteiger partial charge in [-0.3, -0.25) is 4.79 Å². The summed E-state index contributed by atoms with van der Waals surface area (Å²) in [7, 11) is 0. The maximum Gasteiger partial charge on any atom is 0.438 e. The summed E-state index contributed by atoms with van der Waals surface area (Å²) < 4.78 is 40.9. The van der Waals surface area contributed by atoms with E-state index in [1.54, 1.807) is 13.0 Å². The third kappa shape index (κ3) is 3.34. The van der Waals surface area contributed by atoms with Crippen molar-refractivity contribution in [3.8, 4) is 0 Å². The molecule has 1 saturated carbocycles. The summed E-state index contributed by atoms with van der Waals surface area (Å²) in [5, 5.41) is 14.5. The Balaban J connectivity index is 1.98. The lowest BCUT2D eigenvalue weighted by Crippen LogP contribution is -2.56. The van der Waals surface area contributed by atoms with E-state index in [-0.39, 0.29) is 27.2 Å². The van der Waals surface area contributed by atoms with E-state index in [4.69, 9.17) is 11.6 Å². The van der Waals surface area contributed by atoms with Gasteiger partial charge in [0.05, 0.1) is 10.6 Å². The number of hydrazone groups is 1. The Morgan fingerprint density at radius 1 is 1.31 bits per heavy atom. The van der Waals surface area contributed by atoms with Crippen molar-refractivity contribution in [3.05, 3.63) is 34.3 Å². The van der Waals surface area contributed by atoms with E-state index < -0.39 is 24.2 Å². The van der Waals surface area contributed by atoms with Crippen molar-refractivity contribution >= 4 is 23.2 Å². The fraction of sp³-hybridized carbons (Fsp3) is 0.556. The number of halogens is 4. The van der Waals surface area contributed by atoms with Gasteiger partial charge in [-0.05, 0) is 43.4 Å². The fourth-order valence-corrected chi connectivity index (χ4v) is 3.89. The predicted octanol–water partition coefficient (Wildman–Crippen LogP) is 4.68. The molecule has 1 aliphatic carbocycles. The van der Waals surface area contributed by atoms with Crippen molar-refractivity contribution < 1.29 is 23.1 Å². The van der Waals surface area contributed by atoms with Gasteiger partial charge >= 0.3 is 6.18 Å². The highest BCUT2D eigenvalue weighted by molar-refractivity contribution is 6.34. The van der Waals surface area contributed by atoms with Crippen LogP contribution >= 0.6 is 11.6 Å². The number of carbonyl (C=O) groups is 1. The normalized spacial score (nSPS) is 24.7. The fourth-order valence-electron chi connectivity index (χ4n) is 3.58. The number of aliphatic hydroxyl groups is 1. The van der Waals surface area contributed by atoms with E-state index in [2.05, 4.69) is 5.10 Å². The molecular formula is C18H20ClF3N2O2. The van der Waals surface area contributed by atoms with E-state index in [1.807, 2.05) is 0 Å². The second-order valence-corrected chi connectivity index (χ2v) is 7.42. The lowest BCUT2D eigenvalue weighted by Gasteiger charge is -2.33. The first kappa shape index (κ1) is 19.2. The number of benzene rings is 1. The summed E-state index contributed by atoms with van der Waals surface area (Å²) in [6.07, 6.45) is -1.44.